The minimum absolute atomic E-state index is 0.0750. The van der Waals surface area contributed by atoms with Crippen LogP contribution in [0.4, 0.5) is 8.78 Å². The van der Waals surface area contributed by atoms with Crippen LogP contribution in [0.2, 0.25) is 0 Å². The molecule has 0 spiro atoms. The minimum atomic E-state index is -1.05. The van der Waals surface area contributed by atoms with Crippen LogP contribution in [0.1, 0.15) is 29.8 Å². The number of H-pyrrole nitrogens is 1. The lowest BCUT2D eigenvalue weighted by molar-refractivity contribution is 0.0595. The van der Waals surface area contributed by atoms with E-state index in [-0.39, 0.29) is 17.0 Å². The van der Waals surface area contributed by atoms with Crippen LogP contribution >= 0.6 is 15.9 Å². The van der Waals surface area contributed by atoms with E-state index < -0.39 is 23.3 Å². The normalized spacial score (nSPS) is 10.8. The molecule has 5 nitrogen and oxygen atoms in total. The molecule has 1 N–H and O–H groups in total. The molecule has 1 heterocycles. The number of esters is 1. The predicted octanol–water partition coefficient (Wildman–Crippen LogP) is 3.47. The molecule has 0 saturated heterocycles. The Morgan fingerprint density at radius 1 is 1.25 bits per heavy atom. The maximum Gasteiger partial charge on any atom is 0.356 e. The molecule has 0 aliphatic heterocycles. The Balaban J connectivity index is 2.49. The highest BCUT2D eigenvalue weighted by Gasteiger charge is 2.22. The third kappa shape index (κ3) is 3.92. The Bertz CT molecular complexity index is 786. The number of aromatic amines is 1. The number of hydrogen-bond acceptors (Lipinski definition) is 3. The molecule has 24 heavy (non-hydrogen) atoms. The Hall–Kier alpha value is -1.96. The van der Waals surface area contributed by atoms with E-state index in [4.69, 9.17) is 0 Å². The number of carbonyl (C=O) groups excluding carboxylic acids is 1. The van der Waals surface area contributed by atoms with Crippen LogP contribution in [0.3, 0.4) is 0 Å². The van der Waals surface area contributed by atoms with Crippen molar-refractivity contribution in [2.75, 3.05) is 12.4 Å². The van der Waals surface area contributed by atoms with Gasteiger partial charge in [0.05, 0.1) is 12.8 Å². The number of alkyl halides is 1. The number of unbranched alkanes of at least 4 members (excludes halogenated alkanes) is 2. The Morgan fingerprint density at radius 2 is 2.00 bits per heavy atom. The number of nitrogens with one attached hydrogen (secondary N) is 1. The van der Waals surface area contributed by atoms with E-state index in [1.165, 1.54) is 17.7 Å². The van der Waals surface area contributed by atoms with Crippen molar-refractivity contribution in [3.8, 4) is 11.3 Å². The quantitative estimate of drug-likeness (QED) is 0.438. The molecule has 0 unspecified atom stereocenters. The summed E-state index contributed by atoms with van der Waals surface area (Å²) in [4.78, 5) is 26.6. The average Bonchev–Trinajstić information content (AvgIpc) is 2.90. The maximum atomic E-state index is 13.6. The standard InChI is InChI=1S/C16H17BrF2N2O3/c1-24-15(22)13-14(10-5-6-11(18)12(19)9-10)21(16(23)20-13)8-4-2-3-7-17/h5-6,9H,2-4,7-8H2,1H3,(H,20,23). The van der Waals surface area contributed by atoms with Crippen molar-refractivity contribution in [3.05, 3.63) is 46.0 Å². The second-order valence-electron chi connectivity index (χ2n) is 5.18. The largest absolute Gasteiger partial charge is 0.464 e. The number of aromatic nitrogens is 2. The SMILES string of the molecule is COC(=O)c1[nH]c(=O)n(CCCCCBr)c1-c1ccc(F)c(F)c1. The molecule has 0 radical (unpaired) electrons. The van der Waals surface area contributed by atoms with E-state index in [9.17, 15) is 18.4 Å². The summed E-state index contributed by atoms with van der Waals surface area (Å²) in [5.41, 5.74) is -0.138. The van der Waals surface area contributed by atoms with Crippen LogP contribution in [0, 0.1) is 11.6 Å². The summed E-state index contributed by atoms with van der Waals surface area (Å²) in [6.07, 6.45) is 2.54. The third-order valence-electron chi connectivity index (χ3n) is 3.58. The van der Waals surface area contributed by atoms with Gasteiger partial charge in [-0.05, 0) is 31.0 Å². The Labute approximate surface area is 145 Å². The summed E-state index contributed by atoms with van der Waals surface area (Å²) >= 11 is 3.34. The lowest BCUT2D eigenvalue weighted by Gasteiger charge is -2.09. The summed E-state index contributed by atoms with van der Waals surface area (Å²) in [6.45, 7) is 0.355. The minimum Gasteiger partial charge on any atom is -0.464 e. The first-order chi connectivity index (χ1) is 11.5. The molecule has 0 atom stereocenters. The van der Waals surface area contributed by atoms with Crippen molar-refractivity contribution in [1.82, 2.24) is 9.55 Å². The number of carbonyl (C=O) groups is 1. The van der Waals surface area contributed by atoms with Crippen molar-refractivity contribution in [2.24, 2.45) is 0 Å². The molecule has 130 valence electrons. The van der Waals surface area contributed by atoms with Gasteiger partial charge in [-0.15, -0.1) is 0 Å². The summed E-state index contributed by atoms with van der Waals surface area (Å²) in [6, 6.07) is 3.24. The van der Waals surface area contributed by atoms with Gasteiger partial charge in [0, 0.05) is 17.4 Å². The molecule has 0 bridgehead atoms. The highest BCUT2D eigenvalue weighted by Crippen LogP contribution is 2.25. The zero-order chi connectivity index (χ0) is 17.7. The van der Waals surface area contributed by atoms with Gasteiger partial charge in [-0.3, -0.25) is 9.55 Å². The number of ether oxygens (including phenoxy) is 1. The molecule has 0 aliphatic carbocycles. The number of imidazole rings is 1. The van der Waals surface area contributed by atoms with Gasteiger partial charge in [0.15, 0.2) is 17.3 Å². The van der Waals surface area contributed by atoms with Crippen molar-refractivity contribution in [1.29, 1.82) is 0 Å². The van der Waals surface area contributed by atoms with Crippen molar-refractivity contribution in [2.45, 2.75) is 25.8 Å². The molecule has 0 saturated carbocycles. The van der Waals surface area contributed by atoms with Crippen LogP contribution in [0.15, 0.2) is 23.0 Å². The van der Waals surface area contributed by atoms with Gasteiger partial charge in [0.2, 0.25) is 0 Å². The first-order valence-corrected chi connectivity index (χ1v) is 8.54. The van der Waals surface area contributed by atoms with E-state index in [0.29, 0.717) is 13.0 Å². The monoisotopic (exact) mass is 402 g/mol. The van der Waals surface area contributed by atoms with Gasteiger partial charge in [-0.1, -0.05) is 22.4 Å². The lowest BCUT2D eigenvalue weighted by Crippen LogP contribution is -2.17. The van der Waals surface area contributed by atoms with Crippen molar-refractivity contribution in [3.63, 3.8) is 0 Å². The van der Waals surface area contributed by atoms with Gasteiger partial charge in [-0.2, -0.15) is 0 Å². The number of benzene rings is 1. The van der Waals surface area contributed by atoms with E-state index in [0.717, 1.165) is 30.3 Å². The highest BCUT2D eigenvalue weighted by atomic mass is 79.9. The van der Waals surface area contributed by atoms with E-state index in [1.54, 1.807) is 0 Å². The first kappa shape index (κ1) is 18.4. The number of nitrogens with zero attached hydrogens (tertiary/aromatic N) is 1. The molecule has 0 fully saturated rings. The number of halogens is 3. The summed E-state index contributed by atoms with van der Waals surface area (Å²) in [5.74, 6) is -2.80. The molecule has 1 aromatic carbocycles. The van der Waals surface area contributed by atoms with Gasteiger partial charge >= 0.3 is 11.7 Å². The van der Waals surface area contributed by atoms with Crippen LogP contribution in [-0.2, 0) is 11.3 Å². The maximum absolute atomic E-state index is 13.6. The summed E-state index contributed by atoms with van der Waals surface area (Å²) in [7, 11) is 1.18. The highest BCUT2D eigenvalue weighted by molar-refractivity contribution is 9.09. The predicted molar refractivity (Wildman–Crippen MR) is 89.4 cm³/mol. The number of rotatable bonds is 7. The molecular weight excluding hydrogens is 386 g/mol. The first-order valence-electron chi connectivity index (χ1n) is 7.42. The Kier molecular flexibility index (Phi) is 6.30. The van der Waals surface area contributed by atoms with Crippen LogP contribution < -0.4 is 5.69 Å². The molecule has 8 heteroatoms. The molecule has 1 aromatic heterocycles. The number of methoxy groups -OCH3 is 1. The summed E-state index contributed by atoms with van der Waals surface area (Å²) in [5, 5.41) is 0.860. The van der Waals surface area contributed by atoms with Gasteiger partial charge in [0.1, 0.15) is 0 Å². The molecule has 0 aliphatic rings. The smallest absolute Gasteiger partial charge is 0.356 e. The fraction of sp³-hybridized carbons (Fsp3) is 0.375. The third-order valence-corrected chi connectivity index (χ3v) is 4.14. The molecular formula is C16H17BrF2N2O3. The van der Waals surface area contributed by atoms with Gasteiger partial charge < -0.3 is 4.74 Å². The lowest BCUT2D eigenvalue weighted by atomic mass is 10.1. The fourth-order valence-electron chi connectivity index (χ4n) is 2.42. The molecule has 2 aromatic rings. The fourth-order valence-corrected chi connectivity index (χ4v) is 2.81. The van der Waals surface area contributed by atoms with E-state index in [2.05, 4.69) is 25.7 Å². The molecule has 0 amide bonds. The van der Waals surface area contributed by atoms with E-state index >= 15 is 0 Å². The van der Waals surface area contributed by atoms with Crippen LogP contribution in [0.5, 0.6) is 0 Å². The average molecular weight is 403 g/mol. The van der Waals surface area contributed by atoms with Crippen molar-refractivity contribution >= 4 is 21.9 Å². The second kappa shape index (κ2) is 8.23. The Morgan fingerprint density at radius 3 is 2.62 bits per heavy atom. The van der Waals surface area contributed by atoms with Crippen molar-refractivity contribution < 1.29 is 18.3 Å². The second-order valence-corrected chi connectivity index (χ2v) is 5.97. The number of hydrogen-bond donors (Lipinski definition) is 1. The zero-order valence-electron chi connectivity index (χ0n) is 13.1. The van der Waals surface area contributed by atoms with Crippen LogP contribution in [0.25, 0.3) is 11.3 Å². The topological polar surface area (TPSA) is 64.1 Å². The summed E-state index contributed by atoms with van der Waals surface area (Å²) < 4.78 is 32.8. The molecule has 2 rings (SSSR count). The van der Waals surface area contributed by atoms with Crippen LogP contribution in [-0.4, -0.2) is 28.0 Å². The van der Waals surface area contributed by atoms with Gasteiger partial charge in [-0.25, -0.2) is 18.4 Å². The van der Waals surface area contributed by atoms with Gasteiger partial charge in [0.25, 0.3) is 0 Å². The van der Waals surface area contributed by atoms with E-state index in [1.807, 2.05) is 0 Å². The zero-order valence-corrected chi connectivity index (χ0v) is 14.7.